The number of nitroso groups, excluding NO2 is 1. The zero-order valence-electron chi connectivity index (χ0n) is 10.3. The highest BCUT2D eigenvalue weighted by molar-refractivity contribution is 5.53. The maximum absolute atomic E-state index is 10.3. The minimum absolute atomic E-state index is 0.354. The van der Waals surface area contributed by atoms with Crippen molar-refractivity contribution < 1.29 is 9.47 Å². The third kappa shape index (κ3) is 2.05. The fourth-order valence-corrected chi connectivity index (χ4v) is 2.25. The van der Waals surface area contributed by atoms with Gasteiger partial charge >= 0.3 is 0 Å². The molecule has 0 bridgehead atoms. The molecule has 2 rings (SSSR count). The Morgan fingerprint density at radius 2 is 2.00 bits per heavy atom. The van der Waals surface area contributed by atoms with Crippen molar-refractivity contribution in [3.8, 4) is 11.5 Å². The monoisotopic (exact) mass is 236 g/mol. The van der Waals surface area contributed by atoms with Crippen LogP contribution in [0.2, 0.25) is 0 Å². The lowest BCUT2D eigenvalue weighted by molar-refractivity contribution is 0.306. The molecule has 0 spiro atoms. The average molecular weight is 236 g/mol. The summed E-state index contributed by atoms with van der Waals surface area (Å²) in [6.07, 6.45) is 0.954. The number of fused-ring (bicyclic) bond motifs is 1. The maximum Gasteiger partial charge on any atom is 0.161 e. The number of nitrogens with zero attached hydrogens (tertiary/aromatic N) is 2. The lowest BCUT2D eigenvalue weighted by Crippen LogP contribution is -2.27. The molecule has 1 aliphatic rings. The molecule has 0 amide bonds. The molecular weight excluding hydrogens is 220 g/mol. The molecule has 5 heteroatoms. The smallest absolute Gasteiger partial charge is 0.161 e. The van der Waals surface area contributed by atoms with Crippen molar-refractivity contribution in [3.05, 3.63) is 28.2 Å². The van der Waals surface area contributed by atoms with Crippen LogP contribution in [0.25, 0.3) is 0 Å². The van der Waals surface area contributed by atoms with Gasteiger partial charge in [-0.25, -0.2) is 0 Å². The van der Waals surface area contributed by atoms with Crippen molar-refractivity contribution in [2.45, 2.75) is 12.3 Å². The Morgan fingerprint density at radius 1 is 1.35 bits per heavy atom. The van der Waals surface area contributed by atoms with Crippen molar-refractivity contribution in [1.82, 2.24) is 5.01 Å². The molecule has 0 aromatic heterocycles. The van der Waals surface area contributed by atoms with Gasteiger partial charge in [0.05, 0.1) is 19.5 Å². The van der Waals surface area contributed by atoms with Gasteiger partial charge in [0.1, 0.15) is 0 Å². The number of ether oxygens (including phenoxy) is 2. The first kappa shape index (κ1) is 11.7. The van der Waals surface area contributed by atoms with Crippen molar-refractivity contribution in [2.24, 2.45) is 5.29 Å². The third-order valence-corrected chi connectivity index (χ3v) is 3.18. The molecule has 92 valence electrons. The van der Waals surface area contributed by atoms with E-state index in [1.165, 1.54) is 16.1 Å². The average Bonchev–Trinajstić information content (AvgIpc) is 2.34. The number of hydrogen-bond acceptors (Lipinski definition) is 4. The van der Waals surface area contributed by atoms with Crippen LogP contribution >= 0.6 is 0 Å². The van der Waals surface area contributed by atoms with E-state index in [0.717, 1.165) is 17.9 Å². The minimum Gasteiger partial charge on any atom is -0.493 e. The lowest BCUT2D eigenvalue weighted by atomic mass is 9.77. The quantitative estimate of drug-likeness (QED) is 0.579. The van der Waals surface area contributed by atoms with Gasteiger partial charge in [0.2, 0.25) is 0 Å². The normalized spacial score (nSPS) is 16.8. The standard InChI is InChI=1S/C12H16N2O3/c1-14(13-15)7-9-4-8-5-11(16-2)12(17-3)6-10(8)9/h5-6,9H,4,7H2,1-3H3. The summed E-state index contributed by atoms with van der Waals surface area (Å²) in [6.45, 7) is 0.645. The van der Waals surface area contributed by atoms with Gasteiger partial charge in [-0.2, -0.15) is 0 Å². The van der Waals surface area contributed by atoms with Gasteiger partial charge in [-0.05, 0) is 29.7 Å². The highest BCUT2D eigenvalue weighted by Crippen LogP contribution is 2.42. The fourth-order valence-electron chi connectivity index (χ4n) is 2.25. The van der Waals surface area contributed by atoms with Crippen LogP contribution in [0.15, 0.2) is 17.4 Å². The first-order valence-electron chi connectivity index (χ1n) is 5.48. The Hall–Kier alpha value is -1.78. The number of rotatable bonds is 5. The molecule has 0 saturated heterocycles. The van der Waals surface area contributed by atoms with Crippen LogP contribution in [0.4, 0.5) is 0 Å². The van der Waals surface area contributed by atoms with E-state index in [-0.39, 0.29) is 0 Å². The van der Waals surface area contributed by atoms with Crippen LogP contribution in [-0.4, -0.2) is 32.8 Å². The third-order valence-electron chi connectivity index (χ3n) is 3.18. The van der Waals surface area contributed by atoms with E-state index in [1.54, 1.807) is 21.3 Å². The van der Waals surface area contributed by atoms with Crippen LogP contribution in [0.1, 0.15) is 17.0 Å². The Bertz CT molecular complexity index is 434. The van der Waals surface area contributed by atoms with Crippen LogP contribution in [-0.2, 0) is 6.42 Å². The zero-order valence-corrected chi connectivity index (χ0v) is 10.3. The summed E-state index contributed by atoms with van der Waals surface area (Å²) < 4.78 is 10.5. The topological polar surface area (TPSA) is 51.1 Å². The molecule has 1 aromatic carbocycles. The highest BCUT2D eigenvalue weighted by atomic mass is 16.5. The molecule has 0 N–H and O–H groups in total. The summed E-state index contributed by atoms with van der Waals surface area (Å²) in [4.78, 5) is 10.3. The van der Waals surface area contributed by atoms with Gasteiger partial charge < -0.3 is 9.47 Å². The molecule has 1 unspecified atom stereocenters. The maximum atomic E-state index is 10.3. The van der Waals surface area contributed by atoms with Crippen LogP contribution < -0.4 is 9.47 Å². The summed E-state index contributed by atoms with van der Waals surface area (Å²) >= 11 is 0. The second kappa shape index (κ2) is 4.61. The van der Waals surface area contributed by atoms with Gasteiger partial charge in [0.25, 0.3) is 0 Å². The molecule has 17 heavy (non-hydrogen) atoms. The summed E-state index contributed by atoms with van der Waals surface area (Å²) in [6, 6.07) is 3.99. The first-order valence-corrected chi connectivity index (χ1v) is 5.48. The molecule has 0 saturated carbocycles. The van der Waals surface area contributed by atoms with Gasteiger partial charge in [-0.15, -0.1) is 4.91 Å². The van der Waals surface area contributed by atoms with Crippen LogP contribution in [0.5, 0.6) is 11.5 Å². The molecule has 0 aliphatic heterocycles. The van der Waals surface area contributed by atoms with E-state index in [1.807, 2.05) is 12.1 Å². The van der Waals surface area contributed by atoms with E-state index in [2.05, 4.69) is 5.29 Å². The Labute approximate surface area is 100 Å². The predicted octanol–water partition coefficient (Wildman–Crippen LogP) is 1.96. The molecule has 0 heterocycles. The highest BCUT2D eigenvalue weighted by Gasteiger charge is 2.29. The summed E-state index contributed by atoms with van der Waals surface area (Å²) in [7, 11) is 4.94. The molecule has 0 radical (unpaired) electrons. The zero-order chi connectivity index (χ0) is 12.4. The SMILES string of the molecule is COc1cc2c(cc1OC)C(CN(C)N=O)C2. The molecule has 1 aliphatic carbocycles. The van der Waals surface area contributed by atoms with Crippen molar-refractivity contribution in [2.75, 3.05) is 27.8 Å². The molecule has 5 nitrogen and oxygen atoms in total. The predicted molar refractivity (Wildman–Crippen MR) is 64.4 cm³/mol. The number of likely N-dealkylation sites (N-methyl/N-ethyl adjacent to an activating group) is 1. The second-order valence-electron chi connectivity index (χ2n) is 4.23. The van der Waals surface area contributed by atoms with E-state index < -0.39 is 0 Å². The molecular formula is C12H16N2O3. The number of hydrogen-bond donors (Lipinski definition) is 0. The van der Waals surface area contributed by atoms with Crippen LogP contribution in [0, 0.1) is 4.91 Å². The lowest BCUT2D eigenvalue weighted by Gasteiger charge is -2.32. The Balaban J connectivity index is 2.20. The van der Waals surface area contributed by atoms with E-state index in [9.17, 15) is 4.91 Å². The molecule has 1 atom stereocenters. The van der Waals surface area contributed by atoms with Crippen molar-refractivity contribution >= 4 is 0 Å². The number of methoxy groups -OCH3 is 2. The van der Waals surface area contributed by atoms with Crippen molar-refractivity contribution in [1.29, 1.82) is 0 Å². The fraction of sp³-hybridized carbons (Fsp3) is 0.500. The van der Waals surface area contributed by atoms with Gasteiger partial charge in [-0.1, -0.05) is 0 Å². The van der Waals surface area contributed by atoms with E-state index in [4.69, 9.17) is 9.47 Å². The van der Waals surface area contributed by atoms with Gasteiger partial charge in [0, 0.05) is 19.5 Å². The summed E-state index contributed by atoms with van der Waals surface area (Å²) in [5, 5.41) is 4.31. The largest absolute Gasteiger partial charge is 0.493 e. The van der Waals surface area contributed by atoms with Gasteiger partial charge in [-0.3, -0.25) is 5.01 Å². The van der Waals surface area contributed by atoms with E-state index >= 15 is 0 Å². The van der Waals surface area contributed by atoms with Crippen molar-refractivity contribution in [3.63, 3.8) is 0 Å². The molecule has 0 fully saturated rings. The van der Waals surface area contributed by atoms with E-state index in [0.29, 0.717) is 12.5 Å². The Morgan fingerprint density at radius 3 is 2.59 bits per heavy atom. The summed E-state index contributed by atoms with van der Waals surface area (Å²) in [5.74, 6) is 1.84. The first-order chi connectivity index (χ1) is 8.19. The minimum atomic E-state index is 0.354. The Kier molecular flexibility index (Phi) is 3.17. The van der Waals surface area contributed by atoms with Crippen LogP contribution in [0.3, 0.4) is 0 Å². The van der Waals surface area contributed by atoms with Gasteiger partial charge in [0.15, 0.2) is 11.5 Å². The molecule has 1 aromatic rings. The second-order valence-corrected chi connectivity index (χ2v) is 4.23. The summed E-state index contributed by atoms with van der Waals surface area (Å²) in [5.41, 5.74) is 2.48. The number of benzene rings is 1.